The molecule has 2 N–H and O–H groups in total. The topological polar surface area (TPSA) is 78.6 Å². The first-order valence-corrected chi connectivity index (χ1v) is 6.08. The van der Waals surface area contributed by atoms with Gasteiger partial charge >= 0.3 is 12.1 Å². The fourth-order valence-corrected chi connectivity index (χ4v) is 1.46. The molecule has 0 saturated carbocycles. The molecule has 5 heteroatoms. The van der Waals surface area contributed by atoms with E-state index in [1.165, 1.54) is 0 Å². The maximum Gasteiger partial charge on any atom is 0.404 e. The Morgan fingerprint density at radius 3 is 2.39 bits per heavy atom. The summed E-state index contributed by atoms with van der Waals surface area (Å²) in [5, 5.41) is 0. The first kappa shape index (κ1) is 16.5. The number of rotatable bonds is 7. The molecule has 104 valence electrons. The highest BCUT2D eigenvalue weighted by Crippen LogP contribution is 2.26. The number of primary amides is 1. The van der Waals surface area contributed by atoms with E-state index in [1.807, 2.05) is 6.92 Å². The number of esters is 1. The first-order chi connectivity index (χ1) is 8.23. The van der Waals surface area contributed by atoms with Gasteiger partial charge in [-0.05, 0) is 33.6 Å². The van der Waals surface area contributed by atoms with Crippen molar-refractivity contribution in [1.29, 1.82) is 0 Å². The molecule has 0 radical (unpaired) electrons. The van der Waals surface area contributed by atoms with E-state index in [1.54, 1.807) is 20.8 Å². The van der Waals surface area contributed by atoms with E-state index in [0.717, 1.165) is 12.8 Å². The molecular weight excluding hydrogens is 234 g/mol. The Balaban J connectivity index is 4.85. The minimum Gasteiger partial charge on any atom is -0.452 e. The highest BCUT2D eigenvalue weighted by molar-refractivity contribution is 5.87. The average molecular weight is 257 g/mol. The highest BCUT2D eigenvalue weighted by Gasteiger charge is 2.37. The Morgan fingerprint density at radius 1 is 1.44 bits per heavy atom. The van der Waals surface area contributed by atoms with Gasteiger partial charge in [0.1, 0.15) is 11.7 Å². The van der Waals surface area contributed by atoms with Crippen LogP contribution in [0.2, 0.25) is 0 Å². The Kier molecular flexibility index (Phi) is 6.44. The van der Waals surface area contributed by atoms with E-state index >= 15 is 0 Å². The summed E-state index contributed by atoms with van der Waals surface area (Å²) in [6, 6.07) is 0. The zero-order valence-electron chi connectivity index (χ0n) is 11.6. The molecule has 2 atom stereocenters. The molecule has 0 aromatic carbocycles. The lowest BCUT2D eigenvalue weighted by Crippen LogP contribution is -2.45. The number of unbranched alkanes of at least 4 members (excludes halogenated alkanes) is 1. The lowest BCUT2D eigenvalue weighted by Gasteiger charge is -2.34. The summed E-state index contributed by atoms with van der Waals surface area (Å²) < 4.78 is 10.3. The average Bonchev–Trinajstić information content (AvgIpc) is 2.25. The number of ether oxygens (including phenoxy) is 2. The van der Waals surface area contributed by atoms with Gasteiger partial charge in [0, 0.05) is 5.57 Å². The summed E-state index contributed by atoms with van der Waals surface area (Å²) in [6.07, 6.45) is 0.911. The lowest BCUT2D eigenvalue weighted by atomic mass is 9.93. The molecule has 0 saturated heterocycles. The quantitative estimate of drug-likeness (QED) is 0.561. The number of carbonyl (C=O) groups is 2. The lowest BCUT2D eigenvalue weighted by molar-refractivity contribution is -0.165. The largest absolute Gasteiger partial charge is 0.452 e. The second-order valence-electron chi connectivity index (χ2n) is 4.67. The van der Waals surface area contributed by atoms with Crippen molar-refractivity contribution in [2.75, 3.05) is 0 Å². The molecule has 2 unspecified atom stereocenters. The van der Waals surface area contributed by atoms with Crippen LogP contribution in [0.25, 0.3) is 0 Å². The van der Waals surface area contributed by atoms with Crippen molar-refractivity contribution < 1.29 is 19.1 Å². The van der Waals surface area contributed by atoms with Crippen LogP contribution in [0.15, 0.2) is 12.2 Å². The number of amides is 1. The summed E-state index contributed by atoms with van der Waals surface area (Å²) >= 11 is 0. The monoisotopic (exact) mass is 257 g/mol. The van der Waals surface area contributed by atoms with Gasteiger partial charge in [-0.15, -0.1) is 0 Å². The Morgan fingerprint density at radius 2 is 2.00 bits per heavy atom. The van der Waals surface area contributed by atoms with Crippen molar-refractivity contribution in [2.45, 2.75) is 58.7 Å². The molecule has 0 aromatic heterocycles. The third-order valence-corrected chi connectivity index (χ3v) is 2.85. The smallest absolute Gasteiger partial charge is 0.404 e. The number of carbonyl (C=O) groups excluding carboxylic acids is 2. The van der Waals surface area contributed by atoms with Gasteiger partial charge in [0.05, 0.1) is 0 Å². The second kappa shape index (κ2) is 7.03. The van der Waals surface area contributed by atoms with Gasteiger partial charge in [0.25, 0.3) is 0 Å². The molecular formula is C13H23NO4. The molecule has 0 aromatic rings. The van der Waals surface area contributed by atoms with E-state index in [9.17, 15) is 9.59 Å². The van der Waals surface area contributed by atoms with Crippen molar-refractivity contribution >= 4 is 12.1 Å². The summed E-state index contributed by atoms with van der Waals surface area (Å²) in [5.41, 5.74) is 4.41. The molecule has 5 nitrogen and oxygen atoms in total. The standard InChI is InChI=1S/C13H23NO4/c1-6-7-8-13(5,10(4)17-12(14)16)18-11(15)9(2)3/h10H,2,6-8H2,1,3-5H3,(H2,14,16). The second-order valence-corrected chi connectivity index (χ2v) is 4.67. The Labute approximate surface area is 108 Å². The predicted molar refractivity (Wildman–Crippen MR) is 69.0 cm³/mol. The van der Waals surface area contributed by atoms with Crippen LogP contribution in [0.5, 0.6) is 0 Å². The van der Waals surface area contributed by atoms with Gasteiger partial charge in [-0.25, -0.2) is 9.59 Å². The van der Waals surface area contributed by atoms with E-state index in [0.29, 0.717) is 12.0 Å². The normalized spacial score (nSPS) is 15.3. The molecule has 18 heavy (non-hydrogen) atoms. The zero-order chi connectivity index (χ0) is 14.3. The van der Waals surface area contributed by atoms with Crippen LogP contribution in [0.1, 0.15) is 47.0 Å². The summed E-state index contributed by atoms with van der Waals surface area (Å²) in [4.78, 5) is 22.4. The van der Waals surface area contributed by atoms with Gasteiger partial charge in [-0.1, -0.05) is 19.9 Å². The Hall–Kier alpha value is -1.52. The molecule has 0 aliphatic carbocycles. The molecule has 0 spiro atoms. The summed E-state index contributed by atoms with van der Waals surface area (Å²) in [7, 11) is 0. The van der Waals surface area contributed by atoms with Gasteiger partial charge in [-0.3, -0.25) is 0 Å². The maximum absolute atomic E-state index is 11.6. The molecule has 0 bridgehead atoms. The zero-order valence-corrected chi connectivity index (χ0v) is 11.6. The highest BCUT2D eigenvalue weighted by atomic mass is 16.6. The van der Waals surface area contributed by atoms with E-state index in [4.69, 9.17) is 15.2 Å². The van der Waals surface area contributed by atoms with E-state index in [-0.39, 0.29) is 0 Å². The van der Waals surface area contributed by atoms with E-state index < -0.39 is 23.8 Å². The summed E-state index contributed by atoms with van der Waals surface area (Å²) in [5.74, 6) is -0.492. The van der Waals surface area contributed by atoms with Crippen LogP contribution in [-0.2, 0) is 14.3 Å². The maximum atomic E-state index is 11.6. The van der Waals surface area contributed by atoms with Crippen LogP contribution in [0.3, 0.4) is 0 Å². The third-order valence-electron chi connectivity index (χ3n) is 2.85. The fourth-order valence-electron chi connectivity index (χ4n) is 1.46. The van der Waals surface area contributed by atoms with Crippen molar-refractivity contribution in [1.82, 2.24) is 0 Å². The van der Waals surface area contributed by atoms with Crippen LogP contribution in [-0.4, -0.2) is 23.8 Å². The van der Waals surface area contributed by atoms with Crippen LogP contribution in [0, 0.1) is 0 Å². The number of hydrogen-bond donors (Lipinski definition) is 1. The van der Waals surface area contributed by atoms with Crippen molar-refractivity contribution in [3.8, 4) is 0 Å². The first-order valence-electron chi connectivity index (χ1n) is 6.08. The number of nitrogens with two attached hydrogens (primary N) is 1. The minimum atomic E-state index is -0.888. The van der Waals surface area contributed by atoms with Crippen LogP contribution < -0.4 is 5.73 Å². The minimum absolute atomic E-state index is 0.309. The number of hydrogen-bond acceptors (Lipinski definition) is 4. The SMILES string of the molecule is C=C(C)C(=O)OC(C)(CCCC)C(C)OC(N)=O. The third kappa shape index (κ3) is 5.21. The van der Waals surface area contributed by atoms with E-state index in [2.05, 4.69) is 6.58 Å². The van der Waals surface area contributed by atoms with Gasteiger partial charge in [0.2, 0.25) is 0 Å². The summed E-state index contributed by atoms with van der Waals surface area (Å²) in [6.45, 7) is 10.5. The predicted octanol–water partition coefficient (Wildman–Crippen LogP) is 2.54. The molecule has 0 aliphatic heterocycles. The van der Waals surface area contributed by atoms with Crippen LogP contribution in [0.4, 0.5) is 4.79 Å². The molecule has 0 heterocycles. The van der Waals surface area contributed by atoms with Gasteiger partial charge in [0.15, 0.2) is 0 Å². The molecule has 0 aliphatic rings. The molecule has 0 rings (SSSR count). The molecule has 1 amide bonds. The van der Waals surface area contributed by atoms with Crippen LogP contribution >= 0.6 is 0 Å². The van der Waals surface area contributed by atoms with Crippen molar-refractivity contribution in [3.63, 3.8) is 0 Å². The van der Waals surface area contributed by atoms with Gasteiger partial charge < -0.3 is 15.2 Å². The van der Waals surface area contributed by atoms with Crippen molar-refractivity contribution in [2.24, 2.45) is 5.73 Å². The fraction of sp³-hybridized carbons (Fsp3) is 0.692. The van der Waals surface area contributed by atoms with Crippen molar-refractivity contribution in [3.05, 3.63) is 12.2 Å². The molecule has 0 fully saturated rings. The van der Waals surface area contributed by atoms with Gasteiger partial charge in [-0.2, -0.15) is 0 Å². The Bertz CT molecular complexity index is 327.